The lowest BCUT2D eigenvalue weighted by Crippen LogP contribution is -2.51. The van der Waals surface area contributed by atoms with Crippen molar-refractivity contribution >= 4 is 7.05 Å². The zero-order chi connectivity index (χ0) is 10.0. The van der Waals surface area contributed by atoms with Gasteiger partial charge in [0.2, 0.25) is 0 Å². The van der Waals surface area contributed by atoms with Gasteiger partial charge in [0, 0.05) is 6.54 Å². The van der Waals surface area contributed by atoms with E-state index in [9.17, 15) is 5.02 Å². The fourth-order valence-corrected chi connectivity index (χ4v) is 2.83. The summed E-state index contributed by atoms with van der Waals surface area (Å²) < 4.78 is 0. The molecule has 2 aliphatic heterocycles. The third kappa shape index (κ3) is 2.13. The van der Waals surface area contributed by atoms with E-state index in [-0.39, 0.29) is 7.05 Å². The average molecular weight is 196 g/mol. The minimum atomic E-state index is -0.260. The lowest BCUT2D eigenvalue weighted by atomic mass is 9.70. The molecule has 0 aliphatic carbocycles. The second-order valence-corrected chi connectivity index (χ2v) is 4.95. The van der Waals surface area contributed by atoms with E-state index in [1.54, 1.807) is 0 Å². The highest BCUT2D eigenvalue weighted by atomic mass is 16.2. The molecule has 2 fully saturated rings. The lowest BCUT2D eigenvalue weighted by molar-refractivity contribution is 0.109. The zero-order valence-corrected chi connectivity index (χ0v) is 9.13. The van der Waals surface area contributed by atoms with Gasteiger partial charge in [-0.15, -0.1) is 0 Å². The Hall–Kier alpha value is -0.0551. The molecular weight excluding hydrogens is 175 g/mol. The normalized spacial score (nSPS) is 27.9. The Morgan fingerprint density at radius 1 is 1.29 bits per heavy atom. The van der Waals surface area contributed by atoms with Crippen LogP contribution in [0.2, 0.25) is 6.82 Å². The van der Waals surface area contributed by atoms with Crippen LogP contribution in [0.1, 0.15) is 25.7 Å². The molecule has 0 amide bonds. The minimum Gasteiger partial charge on any atom is -0.437 e. The van der Waals surface area contributed by atoms with Crippen LogP contribution in [0.3, 0.4) is 0 Å². The summed E-state index contributed by atoms with van der Waals surface area (Å²) in [6.07, 6.45) is 5.22. The molecule has 0 radical (unpaired) electrons. The molecule has 2 aliphatic rings. The zero-order valence-electron chi connectivity index (χ0n) is 9.13. The van der Waals surface area contributed by atoms with Crippen LogP contribution in [-0.2, 0) is 0 Å². The number of rotatable bonds is 1. The van der Waals surface area contributed by atoms with Gasteiger partial charge in [0.1, 0.15) is 0 Å². The van der Waals surface area contributed by atoms with E-state index < -0.39 is 0 Å². The van der Waals surface area contributed by atoms with Crippen molar-refractivity contribution in [2.45, 2.75) is 32.5 Å². The van der Waals surface area contributed by atoms with Gasteiger partial charge in [-0.1, -0.05) is 0 Å². The largest absolute Gasteiger partial charge is 0.437 e. The van der Waals surface area contributed by atoms with Crippen molar-refractivity contribution in [3.63, 3.8) is 0 Å². The Morgan fingerprint density at radius 2 is 2.00 bits per heavy atom. The van der Waals surface area contributed by atoms with Gasteiger partial charge >= 0.3 is 7.05 Å². The molecule has 2 N–H and O–H groups in total. The molecule has 2 rings (SSSR count). The monoisotopic (exact) mass is 196 g/mol. The van der Waals surface area contributed by atoms with Crippen molar-refractivity contribution in [1.82, 2.24) is 10.1 Å². The molecule has 80 valence electrons. The summed E-state index contributed by atoms with van der Waals surface area (Å²) in [5.74, 6) is 0. The number of hydrogen-bond acceptors (Lipinski definition) is 3. The Balaban J connectivity index is 1.87. The van der Waals surface area contributed by atoms with Crippen LogP contribution < -0.4 is 5.32 Å². The molecule has 3 nitrogen and oxygen atoms in total. The molecule has 0 bridgehead atoms. The van der Waals surface area contributed by atoms with E-state index in [1.165, 1.54) is 38.8 Å². The maximum atomic E-state index is 9.47. The summed E-state index contributed by atoms with van der Waals surface area (Å²) in [6, 6.07) is 0. The van der Waals surface area contributed by atoms with Gasteiger partial charge in [-0.2, -0.15) is 0 Å². The molecule has 14 heavy (non-hydrogen) atoms. The Bertz CT molecular complexity index is 183. The standard InChI is InChI=1S/C10H21BN2O/c1-11(14)13-7-4-10(5-8-13)3-2-6-12-9-10/h12,14H,2-9H2,1H3. The fourth-order valence-electron chi connectivity index (χ4n) is 2.83. The number of nitrogens with one attached hydrogen (secondary N) is 1. The van der Waals surface area contributed by atoms with Crippen LogP contribution in [0.15, 0.2) is 0 Å². The predicted octanol–water partition coefficient (Wildman–Crippen LogP) is 0.562. The Morgan fingerprint density at radius 3 is 2.50 bits per heavy atom. The van der Waals surface area contributed by atoms with Crippen molar-refractivity contribution in [3.8, 4) is 0 Å². The second kappa shape index (κ2) is 4.21. The highest BCUT2D eigenvalue weighted by Gasteiger charge is 2.36. The molecule has 0 aromatic carbocycles. The first-order valence-corrected chi connectivity index (χ1v) is 5.85. The molecular formula is C10H21BN2O. The highest BCUT2D eigenvalue weighted by molar-refractivity contribution is 6.45. The van der Waals surface area contributed by atoms with Crippen molar-refractivity contribution in [2.75, 3.05) is 26.2 Å². The summed E-state index contributed by atoms with van der Waals surface area (Å²) >= 11 is 0. The SMILES string of the molecule is CB(O)N1CCC2(CCCNC2)CC1. The number of nitrogens with zero attached hydrogens (tertiary/aromatic N) is 1. The molecule has 1 spiro atoms. The van der Waals surface area contributed by atoms with Crippen LogP contribution >= 0.6 is 0 Å². The molecule has 0 aromatic heterocycles. The molecule has 2 heterocycles. The van der Waals surface area contributed by atoms with Crippen LogP contribution in [-0.4, -0.2) is 43.1 Å². The average Bonchev–Trinajstić information content (AvgIpc) is 2.19. The van der Waals surface area contributed by atoms with Crippen LogP contribution in [0.4, 0.5) is 0 Å². The smallest absolute Gasteiger partial charge is 0.376 e. The minimum absolute atomic E-state index is 0.260. The van der Waals surface area contributed by atoms with Gasteiger partial charge in [-0.3, -0.25) is 0 Å². The Kier molecular flexibility index (Phi) is 3.15. The summed E-state index contributed by atoms with van der Waals surface area (Å²) in [5.41, 5.74) is 0.559. The van der Waals surface area contributed by atoms with Crippen molar-refractivity contribution in [1.29, 1.82) is 0 Å². The van der Waals surface area contributed by atoms with E-state index in [1.807, 2.05) is 6.82 Å². The quantitative estimate of drug-likeness (QED) is 0.601. The van der Waals surface area contributed by atoms with Gasteiger partial charge in [0.25, 0.3) is 0 Å². The van der Waals surface area contributed by atoms with Crippen LogP contribution in [0.5, 0.6) is 0 Å². The van der Waals surface area contributed by atoms with E-state index in [2.05, 4.69) is 10.1 Å². The molecule has 0 unspecified atom stereocenters. The summed E-state index contributed by atoms with van der Waals surface area (Å²) in [4.78, 5) is 2.18. The van der Waals surface area contributed by atoms with E-state index in [0.29, 0.717) is 5.41 Å². The number of piperidine rings is 2. The first-order valence-electron chi connectivity index (χ1n) is 5.85. The van der Waals surface area contributed by atoms with Crippen molar-refractivity contribution < 1.29 is 5.02 Å². The first-order chi connectivity index (χ1) is 6.72. The third-order valence-corrected chi connectivity index (χ3v) is 3.95. The van der Waals surface area contributed by atoms with E-state index in [4.69, 9.17) is 0 Å². The maximum absolute atomic E-state index is 9.47. The lowest BCUT2D eigenvalue weighted by Gasteiger charge is -2.44. The molecule has 0 saturated carbocycles. The molecule has 4 heteroatoms. The van der Waals surface area contributed by atoms with Crippen molar-refractivity contribution in [3.05, 3.63) is 0 Å². The third-order valence-electron chi connectivity index (χ3n) is 3.95. The predicted molar refractivity (Wildman–Crippen MR) is 59.2 cm³/mol. The fraction of sp³-hybridized carbons (Fsp3) is 1.00. The second-order valence-electron chi connectivity index (χ2n) is 4.95. The summed E-state index contributed by atoms with van der Waals surface area (Å²) in [5, 5.41) is 13.0. The van der Waals surface area contributed by atoms with Gasteiger partial charge < -0.3 is 15.2 Å². The van der Waals surface area contributed by atoms with Crippen LogP contribution in [0.25, 0.3) is 0 Å². The number of hydrogen-bond donors (Lipinski definition) is 2. The first kappa shape index (κ1) is 10.5. The molecule has 0 atom stereocenters. The van der Waals surface area contributed by atoms with Crippen LogP contribution in [0, 0.1) is 5.41 Å². The Labute approximate surface area is 87.0 Å². The van der Waals surface area contributed by atoms with Crippen molar-refractivity contribution in [2.24, 2.45) is 5.41 Å². The van der Waals surface area contributed by atoms with E-state index in [0.717, 1.165) is 13.1 Å². The highest BCUT2D eigenvalue weighted by Crippen LogP contribution is 2.37. The molecule has 0 aromatic rings. The summed E-state index contributed by atoms with van der Waals surface area (Å²) in [6.45, 7) is 6.40. The molecule has 2 saturated heterocycles. The summed E-state index contributed by atoms with van der Waals surface area (Å²) in [7, 11) is -0.260. The van der Waals surface area contributed by atoms with Gasteiger partial charge in [-0.25, -0.2) is 0 Å². The maximum Gasteiger partial charge on any atom is 0.376 e. The van der Waals surface area contributed by atoms with Gasteiger partial charge in [0.15, 0.2) is 0 Å². The van der Waals surface area contributed by atoms with Gasteiger partial charge in [-0.05, 0) is 57.6 Å². The topological polar surface area (TPSA) is 35.5 Å². The van der Waals surface area contributed by atoms with Gasteiger partial charge in [0.05, 0.1) is 0 Å². The van der Waals surface area contributed by atoms with E-state index >= 15 is 0 Å².